The summed E-state index contributed by atoms with van der Waals surface area (Å²) >= 11 is 0. The molecular formula is C16H30. The van der Waals surface area contributed by atoms with Gasteiger partial charge in [-0.15, -0.1) is 0 Å². The van der Waals surface area contributed by atoms with E-state index in [2.05, 4.69) is 34.6 Å². The lowest BCUT2D eigenvalue weighted by Crippen LogP contribution is -2.30. The number of hydrogen-bond acceptors (Lipinski definition) is 0. The summed E-state index contributed by atoms with van der Waals surface area (Å²) in [6.07, 6.45) is 7.43. The molecule has 0 nitrogen and oxygen atoms in total. The van der Waals surface area contributed by atoms with E-state index in [1.807, 2.05) is 0 Å². The van der Waals surface area contributed by atoms with Gasteiger partial charge in [-0.3, -0.25) is 0 Å². The molecule has 0 radical (unpaired) electrons. The van der Waals surface area contributed by atoms with Crippen LogP contribution in [-0.2, 0) is 0 Å². The minimum Gasteiger partial charge on any atom is -0.0625 e. The molecule has 0 aromatic heterocycles. The molecule has 5 atom stereocenters. The Morgan fingerprint density at radius 1 is 0.750 bits per heavy atom. The topological polar surface area (TPSA) is 0 Å². The average molecular weight is 222 g/mol. The lowest BCUT2D eigenvalue weighted by Gasteiger charge is -2.38. The van der Waals surface area contributed by atoms with Crippen LogP contribution in [-0.4, -0.2) is 0 Å². The van der Waals surface area contributed by atoms with Gasteiger partial charge in [0.1, 0.15) is 0 Å². The van der Waals surface area contributed by atoms with Gasteiger partial charge in [0.15, 0.2) is 0 Å². The van der Waals surface area contributed by atoms with Crippen LogP contribution >= 0.6 is 0 Å². The van der Waals surface area contributed by atoms with Gasteiger partial charge in [-0.1, -0.05) is 41.0 Å². The predicted octanol–water partition coefficient (Wildman–Crippen LogP) is 5.13. The second kappa shape index (κ2) is 4.35. The largest absolute Gasteiger partial charge is 0.0625 e. The minimum atomic E-state index is 0.601. The molecule has 2 aliphatic rings. The second-order valence-electron chi connectivity index (χ2n) is 7.56. The van der Waals surface area contributed by atoms with Crippen LogP contribution in [0.1, 0.15) is 66.7 Å². The van der Waals surface area contributed by atoms with E-state index in [0.717, 1.165) is 29.6 Å². The van der Waals surface area contributed by atoms with Crippen LogP contribution in [0.15, 0.2) is 0 Å². The van der Waals surface area contributed by atoms with Crippen molar-refractivity contribution in [2.24, 2.45) is 35.0 Å². The van der Waals surface area contributed by atoms with Crippen molar-refractivity contribution in [3.8, 4) is 0 Å². The standard InChI is InChI=1S/C16H30/c1-11-6-7-14(8-11)16(4,5)15-9-12(2)13(3)10-15/h11-15H,6-10H2,1-5H3/t11-,12+,13?,14-,15?/m0/s1. The number of rotatable bonds is 2. The van der Waals surface area contributed by atoms with Gasteiger partial charge < -0.3 is 0 Å². The third-order valence-electron chi connectivity index (χ3n) is 6.08. The van der Waals surface area contributed by atoms with Crippen LogP contribution in [0, 0.1) is 35.0 Å². The molecular weight excluding hydrogens is 192 g/mol. The highest BCUT2D eigenvalue weighted by Crippen LogP contribution is 2.53. The van der Waals surface area contributed by atoms with Gasteiger partial charge in [-0.2, -0.15) is 0 Å². The first kappa shape index (κ1) is 12.5. The van der Waals surface area contributed by atoms with Crippen molar-refractivity contribution < 1.29 is 0 Å². The maximum atomic E-state index is 2.56. The summed E-state index contributed by atoms with van der Waals surface area (Å²) in [7, 11) is 0. The Labute approximate surface area is 102 Å². The third kappa shape index (κ3) is 2.17. The maximum Gasteiger partial charge on any atom is -0.0297 e. The fraction of sp³-hybridized carbons (Fsp3) is 1.00. The van der Waals surface area contributed by atoms with E-state index in [1.54, 1.807) is 0 Å². The van der Waals surface area contributed by atoms with Crippen molar-refractivity contribution in [2.45, 2.75) is 66.7 Å². The van der Waals surface area contributed by atoms with Gasteiger partial charge in [-0.05, 0) is 60.7 Å². The van der Waals surface area contributed by atoms with E-state index in [1.165, 1.54) is 32.1 Å². The summed E-state index contributed by atoms with van der Waals surface area (Å²) in [5, 5.41) is 0. The fourth-order valence-corrected chi connectivity index (χ4v) is 4.28. The summed E-state index contributed by atoms with van der Waals surface area (Å²) in [5.41, 5.74) is 0.601. The summed E-state index contributed by atoms with van der Waals surface area (Å²) in [6, 6.07) is 0. The van der Waals surface area contributed by atoms with E-state index in [9.17, 15) is 0 Å². The molecule has 0 amide bonds. The van der Waals surface area contributed by atoms with Crippen LogP contribution in [0.4, 0.5) is 0 Å². The number of hydrogen-bond donors (Lipinski definition) is 0. The van der Waals surface area contributed by atoms with Crippen LogP contribution in [0.2, 0.25) is 0 Å². The van der Waals surface area contributed by atoms with Gasteiger partial charge in [0.25, 0.3) is 0 Å². The van der Waals surface area contributed by atoms with Gasteiger partial charge in [0.2, 0.25) is 0 Å². The Balaban J connectivity index is 2.02. The molecule has 0 bridgehead atoms. The molecule has 0 aromatic carbocycles. The summed E-state index contributed by atoms with van der Waals surface area (Å²) < 4.78 is 0. The second-order valence-corrected chi connectivity index (χ2v) is 7.56. The molecule has 0 aromatic rings. The lowest BCUT2D eigenvalue weighted by atomic mass is 9.67. The normalized spacial score (nSPS) is 45.2. The zero-order valence-corrected chi connectivity index (χ0v) is 11.9. The Morgan fingerprint density at radius 2 is 1.31 bits per heavy atom. The van der Waals surface area contributed by atoms with Crippen molar-refractivity contribution in [2.75, 3.05) is 0 Å². The molecule has 2 fully saturated rings. The van der Waals surface area contributed by atoms with Crippen molar-refractivity contribution in [3.63, 3.8) is 0 Å². The molecule has 0 spiro atoms. The van der Waals surface area contributed by atoms with Crippen molar-refractivity contribution in [3.05, 3.63) is 0 Å². The SMILES string of the molecule is CC1CC(C(C)(C)[C@H]2CC[C@H](C)C2)C[C@H]1C. The molecule has 16 heavy (non-hydrogen) atoms. The highest BCUT2D eigenvalue weighted by atomic mass is 14.5. The maximum absolute atomic E-state index is 2.56. The summed E-state index contributed by atoms with van der Waals surface area (Å²) in [5.74, 6) is 4.91. The Kier molecular flexibility index (Phi) is 3.39. The monoisotopic (exact) mass is 222 g/mol. The Hall–Kier alpha value is 0. The summed E-state index contributed by atoms with van der Waals surface area (Å²) in [6.45, 7) is 12.5. The van der Waals surface area contributed by atoms with E-state index >= 15 is 0 Å². The van der Waals surface area contributed by atoms with Gasteiger partial charge in [0.05, 0.1) is 0 Å². The first-order valence-electron chi connectivity index (χ1n) is 7.41. The zero-order chi connectivity index (χ0) is 11.9. The van der Waals surface area contributed by atoms with Crippen molar-refractivity contribution in [1.29, 1.82) is 0 Å². The smallest absolute Gasteiger partial charge is 0.0297 e. The fourth-order valence-electron chi connectivity index (χ4n) is 4.28. The van der Waals surface area contributed by atoms with Crippen LogP contribution in [0.3, 0.4) is 0 Å². The molecule has 2 unspecified atom stereocenters. The molecule has 0 heterocycles. The van der Waals surface area contributed by atoms with Gasteiger partial charge in [-0.25, -0.2) is 0 Å². The van der Waals surface area contributed by atoms with E-state index in [0.29, 0.717) is 5.41 Å². The van der Waals surface area contributed by atoms with E-state index < -0.39 is 0 Å². The highest BCUT2D eigenvalue weighted by Gasteiger charge is 2.44. The summed E-state index contributed by atoms with van der Waals surface area (Å²) in [4.78, 5) is 0. The van der Waals surface area contributed by atoms with Gasteiger partial charge >= 0.3 is 0 Å². The first-order chi connectivity index (χ1) is 7.41. The van der Waals surface area contributed by atoms with E-state index in [-0.39, 0.29) is 0 Å². The molecule has 2 rings (SSSR count). The highest BCUT2D eigenvalue weighted by molar-refractivity contribution is 4.93. The van der Waals surface area contributed by atoms with Gasteiger partial charge in [0, 0.05) is 0 Å². The van der Waals surface area contributed by atoms with Crippen molar-refractivity contribution in [1.82, 2.24) is 0 Å². The minimum absolute atomic E-state index is 0.601. The lowest BCUT2D eigenvalue weighted by molar-refractivity contribution is 0.114. The molecule has 2 aliphatic carbocycles. The Bertz CT molecular complexity index is 230. The quantitative estimate of drug-likeness (QED) is 0.607. The molecule has 2 saturated carbocycles. The zero-order valence-electron chi connectivity index (χ0n) is 11.9. The predicted molar refractivity (Wildman–Crippen MR) is 71.3 cm³/mol. The van der Waals surface area contributed by atoms with Crippen LogP contribution in [0.5, 0.6) is 0 Å². The van der Waals surface area contributed by atoms with E-state index in [4.69, 9.17) is 0 Å². The Morgan fingerprint density at radius 3 is 1.75 bits per heavy atom. The average Bonchev–Trinajstić information content (AvgIpc) is 2.75. The molecule has 0 saturated heterocycles. The van der Waals surface area contributed by atoms with Crippen molar-refractivity contribution >= 4 is 0 Å². The van der Waals surface area contributed by atoms with Crippen LogP contribution < -0.4 is 0 Å². The van der Waals surface area contributed by atoms with Crippen LogP contribution in [0.25, 0.3) is 0 Å². The first-order valence-corrected chi connectivity index (χ1v) is 7.41. The molecule has 94 valence electrons. The third-order valence-corrected chi connectivity index (χ3v) is 6.08. The molecule has 0 N–H and O–H groups in total. The molecule has 0 aliphatic heterocycles. The molecule has 0 heteroatoms.